The summed E-state index contributed by atoms with van der Waals surface area (Å²) >= 11 is 0. The van der Waals surface area contributed by atoms with Crippen molar-refractivity contribution in [2.75, 3.05) is 11.5 Å². The second kappa shape index (κ2) is 4.55. The number of nitrogens with two attached hydrogens (primary N) is 1. The van der Waals surface area contributed by atoms with E-state index >= 15 is 0 Å². The van der Waals surface area contributed by atoms with Gasteiger partial charge >= 0.3 is 0 Å². The van der Waals surface area contributed by atoms with Crippen LogP contribution < -0.4 is 5.73 Å². The summed E-state index contributed by atoms with van der Waals surface area (Å²) in [6.45, 7) is 0.378. The lowest BCUT2D eigenvalue weighted by Gasteiger charge is -2.20. The Bertz CT molecular complexity index is 438. The molecule has 0 spiro atoms. The lowest BCUT2D eigenvalue weighted by molar-refractivity contribution is 0.399. The van der Waals surface area contributed by atoms with Crippen molar-refractivity contribution >= 4 is 9.84 Å². The van der Waals surface area contributed by atoms with Crippen molar-refractivity contribution in [1.82, 2.24) is 4.98 Å². The quantitative estimate of drug-likeness (QED) is 0.836. The van der Waals surface area contributed by atoms with Crippen molar-refractivity contribution in [2.24, 2.45) is 11.7 Å². The number of nitrogens with zero attached hydrogens (tertiary/aromatic N) is 1. The van der Waals surface area contributed by atoms with Gasteiger partial charge in [0.1, 0.15) is 16.1 Å². The van der Waals surface area contributed by atoms with Gasteiger partial charge in [0.25, 0.3) is 0 Å². The van der Waals surface area contributed by atoms with Crippen LogP contribution in [-0.2, 0) is 22.8 Å². The molecule has 1 aromatic rings. The Morgan fingerprint density at radius 3 is 2.69 bits per heavy atom. The van der Waals surface area contributed by atoms with Crippen LogP contribution in [0.25, 0.3) is 0 Å². The molecule has 2 heterocycles. The summed E-state index contributed by atoms with van der Waals surface area (Å²) in [5, 5.41) is 0. The molecule has 16 heavy (non-hydrogen) atoms. The summed E-state index contributed by atoms with van der Waals surface area (Å²) in [4.78, 5) is 4.22. The molecule has 0 bridgehead atoms. The SMILES string of the molecule is NCc1coc(CC2CCS(=O)(=O)CC2)n1. The van der Waals surface area contributed by atoms with Gasteiger partial charge in [-0.1, -0.05) is 0 Å². The summed E-state index contributed by atoms with van der Waals surface area (Å²) in [5.74, 6) is 1.63. The molecule has 1 aliphatic heterocycles. The number of rotatable bonds is 3. The predicted molar refractivity (Wildman–Crippen MR) is 59.5 cm³/mol. The van der Waals surface area contributed by atoms with Crippen LogP contribution >= 0.6 is 0 Å². The Morgan fingerprint density at radius 2 is 2.12 bits per heavy atom. The number of hydrogen-bond donors (Lipinski definition) is 1. The zero-order chi connectivity index (χ0) is 11.6. The minimum atomic E-state index is -2.78. The van der Waals surface area contributed by atoms with Crippen molar-refractivity contribution < 1.29 is 12.8 Å². The molecule has 0 atom stereocenters. The molecule has 0 unspecified atom stereocenters. The van der Waals surface area contributed by atoms with E-state index < -0.39 is 9.84 Å². The molecule has 1 saturated heterocycles. The first-order chi connectivity index (χ1) is 7.59. The van der Waals surface area contributed by atoms with E-state index in [-0.39, 0.29) is 0 Å². The monoisotopic (exact) mass is 244 g/mol. The van der Waals surface area contributed by atoms with Crippen LogP contribution in [0.15, 0.2) is 10.7 Å². The van der Waals surface area contributed by atoms with Crippen LogP contribution in [-0.4, -0.2) is 24.9 Å². The van der Waals surface area contributed by atoms with Crippen molar-refractivity contribution in [3.8, 4) is 0 Å². The van der Waals surface area contributed by atoms with E-state index in [2.05, 4.69) is 4.98 Å². The van der Waals surface area contributed by atoms with Gasteiger partial charge in [0.2, 0.25) is 0 Å². The van der Waals surface area contributed by atoms with Crippen molar-refractivity contribution in [3.05, 3.63) is 17.8 Å². The minimum Gasteiger partial charge on any atom is -0.449 e. The summed E-state index contributed by atoms with van der Waals surface area (Å²) in [6.07, 6.45) is 3.70. The second-order valence-electron chi connectivity index (χ2n) is 4.24. The maximum absolute atomic E-state index is 11.2. The Balaban J connectivity index is 1.91. The predicted octanol–water partition coefficient (Wildman–Crippen LogP) is 0.501. The Labute approximate surface area is 95.0 Å². The van der Waals surface area contributed by atoms with Crippen molar-refractivity contribution in [2.45, 2.75) is 25.8 Å². The van der Waals surface area contributed by atoms with Gasteiger partial charge in [0.05, 0.1) is 17.2 Å². The van der Waals surface area contributed by atoms with Gasteiger partial charge in [-0.3, -0.25) is 0 Å². The third-order valence-corrected chi connectivity index (χ3v) is 4.66. The van der Waals surface area contributed by atoms with Crippen LogP contribution in [0.4, 0.5) is 0 Å². The number of hydrogen-bond acceptors (Lipinski definition) is 5. The molecule has 2 rings (SSSR count). The smallest absolute Gasteiger partial charge is 0.194 e. The van der Waals surface area contributed by atoms with Gasteiger partial charge in [-0.2, -0.15) is 0 Å². The zero-order valence-electron chi connectivity index (χ0n) is 9.05. The molecule has 0 radical (unpaired) electrons. The molecule has 0 amide bonds. The van der Waals surface area contributed by atoms with Crippen LogP contribution in [0.3, 0.4) is 0 Å². The van der Waals surface area contributed by atoms with Gasteiger partial charge in [0.15, 0.2) is 5.89 Å². The molecule has 0 aromatic carbocycles. The first kappa shape index (κ1) is 11.6. The lowest BCUT2D eigenvalue weighted by atomic mass is 9.99. The molecule has 0 aliphatic carbocycles. The van der Waals surface area contributed by atoms with Gasteiger partial charge in [-0.15, -0.1) is 0 Å². The molecule has 1 fully saturated rings. The van der Waals surface area contributed by atoms with E-state index in [1.165, 1.54) is 0 Å². The molecule has 1 aromatic heterocycles. The molecule has 1 aliphatic rings. The maximum Gasteiger partial charge on any atom is 0.194 e. The molecular weight excluding hydrogens is 228 g/mol. The maximum atomic E-state index is 11.2. The fraction of sp³-hybridized carbons (Fsp3) is 0.700. The van der Waals surface area contributed by atoms with Crippen molar-refractivity contribution in [1.29, 1.82) is 0 Å². The Hall–Kier alpha value is -0.880. The second-order valence-corrected chi connectivity index (χ2v) is 6.54. The molecule has 2 N–H and O–H groups in total. The average molecular weight is 244 g/mol. The van der Waals surface area contributed by atoms with Crippen LogP contribution in [0.1, 0.15) is 24.4 Å². The topological polar surface area (TPSA) is 86.2 Å². The van der Waals surface area contributed by atoms with Gasteiger partial charge in [-0.05, 0) is 18.8 Å². The molecule has 6 heteroatoms. The van der Waals surface area contributed by atoms with Crippen molar-refractivity contribution in [3.63, 3.8) is 0 Å². The van der Waals surface area contributed by atoms with Crippen LogP contribution in [0.5, 0.6) is 0 Å². The highest BCUT2D eigenvalue weighted by molar-refractivity contribution is 7.91. The lowest BCUT2D eigenvalue weighted by Crippen LogP contribution is -2.24. The normalized spacial score (nSPS) is 21.1. The van der Waals surface area contributed by atoms with Crippen LogP contribution in [0.2, 0.25) is 0 Å². The Morgan fingerprint density at radius 1 is 1.44 bits per heavy atom. The van der Waals surface area contributed by atoms with E-state index in [1.807, 2.05) is 0 Å². The van der Waals surface area contributed by atoms with E-state index in [0.29, 0.717) is 42.7 Å². The summed E-state index contributed by atoms with van der Waals surface area (Å²) in [7, 11) is -2.78. The Kier molecular flexibility index (Phi) is 3.30. The van der Waals surface area contributed by atoms with Crippen LogP contribution in [0, 0.1) is 5.92 Å². The van der Waals surface area contributed by atoms with Gasteiger partial charge in [0, 0.05) is 13.0 Å². The van der Waals surface area contributed by atoms with E-state index in [9.17, 15) is 8.42 Å². The summed E-state index contributed by atoms with van der Waals surface area (Å²) in [6, 6.07) is 0. The van der Waals surface area contributed by atoms with E-state index in [1.54, 1.807) is 6.26 Å². The molecule has 90 valence electrons. The molecule has 0 saturated carbocycles. The summed E-state index contributed by atoms with van der Waals surface area (Å²) in [5.41, 5.74) is 6.18. The van der Waals surface area contributed by atoms with Gasteiger partial charge in [-0.25, -0.2) is 13.4 Å². The highest BCUT2D eigenvalue weighted by Gasteiger charge is 2.24. The highest BCUT2D eigenvalue weighted by atomic mass is 32.2. The largest absolute Gasteiger partial charge is 0.449 e. The average Bonchev–Trinajstić information content (AvgIpc) is 2.69. The summed E-state index contributed by atoms with van der Waals surface area (Å²) < 4.78 is 27.8. The third kappa shape index (κ3) is 2.82. The standard InChI is InChI=1S/C10H16N2O3S/c11-6-9-7-15-10(12-9)5-8-1-3-16(13,14)4-2-8/h7-8H,1-6,11H2. The van der Waals surface area contributed by atoms with Gasteiger partial charge < -0.3 is 10.2 Å². The first-order valence-electron chi connectivity index (χ1n) is 5.43. The number of sulfone groups is 1. The van der Waals surface area contributed by atoms with E-state index in [4.69, 9.17) is 10.2 Å². The zero-order valence-corrected chi connectivity index (χ0v) is 9.87. The third-order valence-electron chi connectivity index (χ3n) is 2.95. The fourth-order valence-electron chi connectivity index (χ4n) is 1.93. The van der Waals surface area contributed by atoms with E-state index in [0.717, 1.165) is 12.1 Å². The number of oxazole rings is 1. The number of aromatic nitrogens is 1. The first-order valence-corrected chi connectivity index (χ1v) is 7.25. The minimum absolute atomic E-state index is 0.294. The molecule has 5 nitrogen and oxygen atoms in total. The fourth-order valence-corrected chi connectivity index (χ4v) is 3.52. The molecular formula is C10H16N2O3S. The highest BCUT2D eigenvalue weighted by Crippen LogP contribution is 2.22.